The molecule has 2 rings (SSSR count). The lowest BCUT2D eigenvalue weighted by Crippen LogP contribution is -2.33. The first-order chi connectivity index (χ1) is 4.79. The van der Waals surface area contributed by atoms with Gasteiger partial charge in [0.15, 0.2) is 5.78 Å². The summed E-state index contributed by atoms with van der Waals surface area (Å²) in [5, 5.41) is 1.71. The summed E-state index contributed by atoms with van der Waals surface area (Å²) in [5.74, 6) is 0.161. The zero-order valence-electron chi connectivity index (χ0n) is 5.78. The molecule has 0 N–H and O–H groups in total. The van der Waals surface area contributed by atoms with Crippen LogP contribution in [0.1, 0.15) is 0 Å². The highest BCUT2D eigenvalue weighted by Crippen LogP contribution is 2.25. The molecule has 2 unspecified atom stereocenters. The van der Waals surface area contributed by atoms with Crippen molar-refractivity contribution in [2.45, 2.75) is 12.1 Å². The van der Waals surface area contributed by atoms with E-state index >= 15 is 0 Å². The second-order valence-corrected chi connectivity index (χ2v) is 2.66. The van der Waals surface area contributed by atoms with Crippen LogP contribution in [0.2, 0.25) is 0 Å². The van der Waals surface area contributed by atoms with Crippen LogP contribution in [0.25, 0.3) is 5.43 Å². The zero-order valence-corrected chi connectivity index (χ0v) is 5.78. The van der Waals surface area contributed by atoms with Crippen molar-refractivity contribution in [2.24, 2.45) is 0 Å². The molecular weight excluding hydrogens is 132 g/mol. The van der Waals surface area contributed by atoms with Gasteiger partial charge in [-0.2, -0.15) is 0 Å². The molecule has 10 heavy (non-hydrogen) atoms. The Hall–Kier alpha value is -0.450. The highest BCUT2D eigenvalue weighted by atomic mass is 16.5. The number of likely N-dealkylation sites (N-methyl/N-ethyl adjacent to an activating group) is 1. The Labute approximate surface area is 59.1 Å². The van der Waals surface area contributed by atoms with Crippen LogP contribution in [0.5, 0.6) is 0 Å². The van der Waals surface area contributed by atoms with Gasteiger partial charge in [0.2, 0.25) is 0 Å². The van der Waals surface area contributed by atoms with E-state index < -0.39 is 0 Å². The number of carbonyl (C=O) groups excluding carboxylic acids is 1. The van der Waals surface area contributed by atoms with Gasteiger partial charge in [0.1, 0.15) is 6.61 Å². The van der Waals surface area contributed by atoms with Crippen LogP contribution < -0.4 is 0 Å². The molecule has 0 aromatic rings. The van der Waals surface area contributed by atoms with E-state index in [1.165, 1.54) is 0 Å². The zero-order chi connectivity index (χ0) is 7.14. The largest absolute Gasteiger partial charge is 0.592 e. The summed E-state index contributed by atoms with van der Waals surface area (Å²) in [5.41, 5.74) is 4.06. The van der Waals surface area contributed by atoms with Gasteiger partial charge >= 0.3 is 0 Å². The van der Waals surface area contributed by atoms with Crippen LogP contribution in [0.15, 0.2) is 0 Å². The van der Waals surface area contributed by atoms with Crippen molar-refractivity contribution in [3.8, 4) is 0 Å². The molecule has 2 heterocycles. The summed E-state index contributed by atoms with van der Waals surface area (Å²) in [6.45, 7) is 0.919. The van der Waals surface area contributed by atoms with E-state index in [0.29, 0.717) is 6.54 Å². The van der Waals surface area contributed by atoms with Gasteiger partial charge in [0.05, 0.1) is 12.1 Å². The second-order valence-electron chi connectivity index (χ2n) is 2.66. The van der Waals surface area contributed by atoms with Crippen LogP contribution in [-0.4, -0.2) is 43.1 Å². The van der Waals surface area contributed by atoms with Crippen LogP contribution in [0.4, 0.5) is 0 Å². The van der Waals surface area contributed by atoms with Crippen LogP contribution in [0.3, 0.4) is 0 Å². The monoisotopic (exact) mass is 141 g/mol. The van der Waals surface area contributed by atoms with Gasteiger partial charge in [-0.25, -0.2) is 0 Å². The van der Waals surface area contributed by atoms with Gasteiger partial charge < -0.3 is 15.2 Å². The number of rotatable bonds is 0. The number of fused-ring (bicyclic) bond motifs is 1. The lowest BCUT2D eigenvalue weighted by molar-refractivity contribution is -0.120. The number of ether oxygens (including phenoxy) is 1. The smallest absolute Gasteiger partial charge is 0.176 e. The molecule has 2 saturated heterocycles. The Morgan fingerprint density at radius 1 is 1.80 bits per heavy atom. The van der Waals surface area contributed by atoms with Crippen molar-refractivity contribution in [1.82, 2.24) is 5.01 Å². The SMILES string of the molecule is CN1[N-]CC2OCC(=O)C21. The molecular formula is C6H9N2O2-. The molecule has 0 saturated carbocycles. The molecule has 2 fully saturated rings. The van der Waals surface area contributed by atoms with Crippen molar-refractivity contribution in [1.29, 1.82) is 0 Å². The molecule has 0 spiro atoms. The van der Waals surface area contributed by atoms with Crippen molar-refractivity contribution >= 4 is 5.78 Å². The number of hydrogen-bond acceptors (Lipinski definition) is 3. The van der Waals surface area contributed by atoms with Crippen LogP contribution in [0, 0.1) is 0 Å². The fourth-order valence-electron chi connectivity index (χ4n) is 1.47. The number of carbonyl (C=O) groups is 1. The van der Waals surface area contributed by atoms with Gasteiger partial charge in [-0.05, 0) is 7.05 Å². The van der Waals surface area contributed by atoms with Gasteiger partial charge in [-0.3, -0.25) is 4.79 Å². The maximum Gasteiger partial charge on any atom is 0.176 e. The fraction of sp³-hybridized carbons (Fsp3) is 0.833. The molecule has 0 bridgehead atoms. The van der Waals surface area contributed by atoms with Gasteiger partial charge in [-0.1, -0.05) is 0 Å². The summed E-state index contributed by atoms with van der Waals surface area (Å²) >= 11 is 0. The molecule has 0 aliphatic carbocycles. The summed E-state index contributed by atoms with van der Waals surface area (Å²) < 4.78 is 5.17. The normalized spacial score (nSPS) is 40.7. The van der Waals surface area contributed by atoms with Crippen molar-refractivity contribution in [3.63, 3.8) is 0 Å². The summed E-state index contributed by atoms with van der Waals surface area (Å²) in [4.78, 5) is 11.0. The second kappa shape index (κ2) is 2.02. The van der Waals surface area contributed by atoms with E-state index in [2.05, 4.69) is 5.43 Å². The molecule has 0 amide bonds. The predicted octanol–water partition coefficient (Wildman–Crippen LogP) is -0.443. The standard InChI is InChI=1S/C6H9N2O2/c1-8-6-4(9)3-10-5(6)2-7-8/h5-6H,2-3H2,1H3/q-1. The first kappa shape index (κ1) is 6.27. The lowest BCUT2D eigenvalue weighted by Gasteiger charge is -2.26. The summed E-state index contributed by atoms with van der Waals surface area (Å²) in [6, 6.07) is -0.0833. The molecule has 56 valence electrons. The van der Waals surface area contributed by atoms with E-state index in [4.69, 9.17) is 4.74 Å². The van der Waals surface area contributed by atoms with E-state index in [0.717, 1.165) is 0 Å². The third kappa shape index (κ3) is 0.697. The first-order valence-corrected chi connectivity index (χ1v) is 3.33. The van der Waals surface area contributed by atoms with E-state index in [-0.39, 0.29) is 24.5 Å². The Balaban J connectivity index is 2.19. The Morgan fingerprint density at radius 2 is 2.60 bits per heavy atom. The van der Waals surface area contributed by atoms with Crippen LogP contribution >= 0.6 is 0 Å². The Kier molecular flexibility index (Phi) is 1.26. The van der Waals surface area contributed by atoms with Gasteiger partial charge in [-0.15, -0.1) is 6.54 Å². The number of nitrogens with zero attached hydrogens (tertiary/aromatic N) is 2. The van der Waals surface area contributed by atoms with Crippen LogP contribution in [-0.2, 0) is 9.53 Å². The van der Waals surface area contributed by atoms with Crippen molar-refractivity contribution < 1.29 is 9.53 Å². The van der Waals surface area contributed by atoms with Gasteiger partial charge in [0.25, 0.3) is 0 Å². The minimum atomic E-state index is -0.0833. The minimum Gasteiger partial charge on any atom is -0.592 e. The summed E-state index contributed by atoms with van der Waals surface area (Å²) in [7, 11) is 1.82. The molecule has 2 aliphatic heterocycles. The average molecular weight is 141 g/mol. The minimum absolute atomic E-state index is 0.0394. The van der Waals surface area contributed by atoms with E-state index in [9.17, 15) is 4.79 Å². The van der Waals surface area contributed by atoms with E-state index in [1.54, 1.807) is 5.01 Å². The summed E-state index contributed by atoms with van der Waals surface area (Å²) in [6.07, 6.45) is 0.0394. The number of Topliss-reactive ketones (excluding diaryl/α,β-unsaturated/α-hetero) is 1. The third-order valence-corrected chi connectivity index (χ3v) is 2.01. The molecule has 4 nitrogen and oxygen atoms in total. The van der Waals surface area contributed by atoms with Crippen molar-refractivity contribution in [2.75, 3.05) is 20.2 Å². The average Bonchev–Trinajstić information content (AvgIpc) is 2.40. The molecule has 4 heteroatoms. The Bertz CT molecular complexity index is 171. The Morgan fingerprint density at radius 3 is 3.30 bits per heavy atom. The number of hydrogen-bond donors (Lipinski definition) is 0. The molecule has 0 aromatic heterocycles. The third-order valence-electron chi connectivity index (χ3n) is 2.01. The topological polar surface area (TPSA) is 43.6 Å². The fourth-order valence-corrected chi connectivity index (χ4v) is 1.47. The maximum absolute atomic E-state index is 11.0. The number of ketones is 1. The maximum atomic E-state index is 11.0. The first-order valence-electron chi connectivity index (χ1n) is 3.33. The lowest BCUT2D eigenvalue weighted by atomic mass is 10.1. The molecule has 0 aromatic carbocycles. The van der Waals surface area contributed by atoms with E-state index in [1.807, 2.05) is 7.05 Å². The molecule has 2 atom stereocenters. The predicted molar refractivity (Wildman–Crippen MR) is 34.5 cm³/mol. The highest BCUT2D eigenvalue weighted by molar-refractivity contribution is 5.88. The molecule has 2 aliphatic rings. The highest BCUT2D eigenvalue weighted by Gasteiger charge is 2.37. The quantitative estimate of drug-likeness (QED) is 0.459. The van der Waals surface area contributed by atoms with Gasteiger partial charge in [0, 0.05) is 0 Å². The molecule has 0 radical (unpaired) electrons. The van der Waals surface area contributed by atoms with Crippen molar-refractivity contribution in [3.05, 3.63) is 5.43 Å².